The molecule has 0 amide bonds. The van der Waals surface area contributed by atoms with E-state index in [1.807, 2.05) is 7.05 Å². The van der Waals surface area contributed by atoms with Crippen molar-refractivity contribution in [3.8, 4) is 0 Å². The summed E-state index contributed by atoms with van der Waals surface area (Å²) >= 11 is 17.1. The van der Waals surface area contributed by atoms with Crippen molar-refractivity contribution in [1.29, 1.82) is 0 Å². The van der Waals surface area contributed by atoms with Gasteiger partial charge in [0.15, 0.2) is 12.8 Å². The average molecular weight is 807 g/mol. The highest BCUT2D eigenvalue weighted by atomic mass is 35.5. The second kappa shape index (κ2) is 18.8. The highest BCUT2D eigenvalue weighted by Gasteiger charge is 2.27. The van der Waals surface area contributed by atoms with Crippen LogP contribution in [0.25, 0.3) is 21.8 Å². The van der Waals surface area contributed by atoms with E-state index < -0.39 is 59.8 Å². The van der Waals surface area contributed by atoms with E-state index in [-0.39, 0.29) is 27.5 Å². The van der Waals surface area contributed by atoms with Gasteiger partial charge in [0.2, 0.25) is 10.3 Å². The normalized spacial score (nSPS) is 15.3. The van der Waals surface area contributed by atoms with Crippen molar-refractivity contribution in [3.63, 3.8) is 0 Å². The van der Waals surface area contributed by atoms with Gasteiger partial charge in [-0.15, -0.1) is 0 Å². The average Bonchev–Trinajstić information content (AvgIpc) is 3.06. The first-order valence-electron chi connectivity index (χ1n) is 16.1. The number of aromatic nitrogens is 2. The number of pyridine rings is 2. The molecule has 0 bridgehead atoms. The Kier molecular flexibility index (Phi) is 14.8. The quantitative estimate of drug-likeness (QED) is 0.0768. The van der Waals surface area contributed by atoms with Gasteiger partial charge in [0.25, 0.3) is 0 Å². The van der Waals surface area contributed by atoms with Crippen molar-refractivity contribution in [1.82, 2.24) is 24.7 Å². The van der Waals surface area contributed by atoms with Gasteiger partial charge in [0, 0.05) is 76.6 Å². The summed E-state index contributed by atoms with van der Waals surface area (Å²) in [6.45, 7) is 9.82. The molecule has 0 atom stereocenters. The van der Waals surface area contributed by atoms with Gasteiger partial charge in [0.05, 0.1) is 44.7 Å². The van der Waals surface area contributed by atoms with Crippen LogP contribution in [0.4, 0.5) is 34.6 Å². The number of nitrogens with one attached hydrogen (secondary N) is 1. The zero-order chi connectivity index (χ0) is 39.0. The van der Waals surface area contributed by atoms with Crippen LogP contribution in [0.15, 0.2) is 24.3 Å². The van der Waals surface area contributed by atoms with E-state index >= 15 is 0 Å². The molecular weight excluding hydrogens is 771 g/mol. The monoisotopic (exact) mass is 805 g/mol. The number of nitrogens with zero attached hydrogens (tertiary/aromatic N) is 8. The molecule has 4 heterocycles. The maximum atomic E-state index is 14.3. The van der Waals surface area contributed by atoms with Gasteiger partial charge < -0.3 is 16.0 Å². The molecule has 2 aliphatic heterocycles. The maximum absolute atomic E-state index is 14.3. The molecule has 6 rings (SSSR count). The Bertz CT molecular complexity index is 2020. The molecule has 2 aromatic carbocycles. The molecule has 53 heavy (non-hydrogen) atoms. The molecule has 21 heteroatoms. The Labute approximate surface area is 316 Å². The van der Waals surface area contributed by atoms with E-state index in [4.69, 9.17) is 40.5 Å². The van der Waals surface area contributed by atoms with Gasteiger partial charge in [-0.05, 0) is 7.05 Å². The van der Waals surface area contributed by atoms with Crippen molar-refractivity contribution < 1.29 is 32.0 Å². The highest BCUT2D eigenvalue weighted by molar-refractivity contribution is 6.41. The summed E-state index contributed by atoms with van der Waals surface area (Å²) in [5.74, 6) is -3.65. The fraction of sp³-hybridized carbons (Fsp3) is 0.406. The van der Waals surface area contributed by atoms with Crippen LogP contribution in [0.5, 0.6) is 0 Å². The maximum Gasteiger partial charge on any atom is 0.330 e. The number of hydrogen-bond donors (Lipinski definition) is 2. The van der Waals surface area contributed by atoms with E-state index in [0.29, 0.717) is 25.2 Å². The zero-order valence-electron chi connectivity index (χ0n) is 28.6. The molecule has 286 valence electrons. The number of rotatable bonds is 8. The minimum Gasteiger partial charge on any atom is -0.377 e. The SMILES string of the molecule is CN1CCN(CCNc2c([N+](=O)[O-])c(Cl)nc3cc(F)cc(F)c23)CC1.C[N+]1=CCN(CCN)CC1.O=[N+]([O-])c1c(Cl)nc2cc(F)cc(F)c2c1Cl. The number of halogens is 7. The predicted octanol–water partition coefficient (Wildman–Crippen LogP) is 5.44. The number of benzene rings is 2. The van der Waals surface area contributed by atoms with E-state index in [0.717, 1.165) is 71.0 Å². The molecule has 4 aromatic rings. The third-order valence-corrected chi connectivity index (χ3v) is 9.26. The molecule has 0 saturated carbocycles. The Morgan fingerprint density at radius 2 is 1.38 bits per heavy atom. The first-order chi connectivity index (χ1) is 25.1. The summed E-state index contributed by atoms with van der Waals surface area (Å²) in [6.07, 6.45) is 2.21. The van der Waals surface area contributed by atoms with Gasteiger partial charge in [0.1, 0.15) is 41.0 Å². The van der Waals surface area contributed by atoms with Crippen molar-refractivity contribution >= 4 is 79.9 Å². The molecule has 0 radical (unpaired) electrons. The lowest BCUT2D eigenvalue weighted by molar-refractivity contribution is -0.499. The van der Waals surface area contributed by atoms with Gasteiger partial charge in [-0.25, -0.2) is 32.1 Å². The Balaban J connectivity index is 0.000000198. The molecule has 0 spiro atoms. The lowest BCUT2D eigenvalue weighted by atomic mass is 10.1. The van der Waals surface area contributed by atoms with Crippen LogP contribution in [0, 0.1) is 43.5 Å². The lowest BCUT2D eigenvalue weighted by Gasteiger charge is -2.32. The van der Waals surface area contributed by atoms with Crippen molar-refractivity contribution in [2.24, 2.45) is 5.73 Å². The van der Waals surface area contributed by atoms with Crippen LogP contribution in [-0.2, 0) is 0 Å². The standard InChI is InChI=1S/C16H18ClF2N5O2.C9H2Cl2F2N2O2.C7H16N3/c1-22-4-6-23(7-5-22)3-2-20-14-13-11(19)8-10(18)9-12(13)21-16(17)15(14)24(25)26;10-7-6-4(13)1-3(12)2-5(6)14-9(11)8(7)15(16)17;1-9-4-6-10(3-2-8)7-5-9/h8-9H,2-7H2,1H3,(H,20,21);1-2H;4H,2-3,5-8H2,1H3/q;;+1. The van der Waals surface area contributed by atoms with Crippen LogP contribution in [0.3, 0.4) is 0 Å². The molecule has 1 fully saturated rings. The summed E-state index contributed by atoms with van der Waals surface area (Å²) < 4.78 is 56.4. The van der Waals surface area contributed by atoms with Crippen LogP contribution in [-0.4, -0.2) is 131 Å². The highest BCUT2D eigenvalue weighted by Crippen LogP contribution is 2.39. The van der Waals surface area contributed by atoms with Crippen LogP contribution >= 0.6 is 34.8 Å². The largest absolute Gasteiger partial charge is 0.377 e. The fourth-order valence-corrected chi connectivity index (χ4v) is 6.44. The minimum atomic E-state index is -1.03. The molecular formula is C32H36Cl3F4N10O4+. The van der Waals surface area contributed by atoms with Crippen LogP contribution in [0.2, 0.25) is 15.3 Å². The Morgan fingerprint density at radius 3 is 1.91 bits per heavy atom. The predicted molar refractivity (Wildman–Crippen MR) is 197 cm³/mol. The summed E-state index contributed by atoms with van der Waals surface area (Å²) in [5.41, 5.74) is 3.89. The molecule has 3 N–H and O–H groups in total. The summed E-state index contributed by atoms with van der Waals surface area (Å²) in [4.78, 5) is 34.6. The molecule has 0 aliphatic carbocycles. The molecule has 14 nitrogen and oxygen atoms in total. The number of nitro groups is 2. The van der Waals surface area contributed by atoms with Gasteiger partial charge in [-0.1, -0.05) is 34.8 Å². The lowest BCUT2D eigenvalue weighted by Crippen LogP contribution is -2.45. The Morgan fingerprint density at radius 1 is 0.830 bits per heavy atom. The van der Waals surface area contributed by atoms with Crippen LogP contribution in [0.1, 0.15) is 0 Å². The summed E-state index contributed by atoms with van der Waals surface area (Å²) in [5, 5.41) is 23.1. The smallest absolute Gasteiger partial charge is 0.330 e. The second-order valence-corrected chi connectivity index (χ2v) is 13.2. The van der Waals surface area contributed by atoms with Gasteiger partial charge in [-0.2, -0.15) is 0 Å². The summed E-state index contributed by atoms with van der Waals surface area (Å²) in [7, 11) is 4.16. The number of anilines is 1. The number of likely N-dealkylation sites (N-methyl/N-ethyl adjacent to an activating group) is 2. The summed E-state index contributed by atoms with van der Waals surface area (Å²) in [6, 6.07) is 3.13. The van der Waals surface area contributed by atoms with Crippen LogP contribution < -0.4 is 11.1 Å². The van der Waals surface area contributed by atoms with Gasteiger partial charge >= 0.3 is 11.4 Å². The first-order valence-corrected chi connectivity index (χ1v) is 17.3. The molecule has 2 aliphatic rings. The molecule has 1 saturated heterocycles. The Hall–Kier alpha value is -4.04. The second-order valence-electron chi connectivity index (χ2n) is 12.1. The van der Waals surface area contributed by atoms with Crippen molar-refractivity contribution in [2.45, 2.75) is 0 Å². The third-order valence-electron chi connectivity index (χ3n) is 8.37. The number of fused-ring (bicyclic) bond motifs is 2. The van der Waals surface area contributed by atoms with E-state index in [9.17, 15) is 37.8 Å². The fourth-order valence-electron chi connectivity index (χ4n) is 5.54. The number of hydrogen-bond acceptors (Lipinski definition) is 11. The first kappa shape index (κ1) is 41.7. The topological polar surface area (TPSA) is 163 Å². The van der Waals surface area contributed by atoms with E-state index in [1.165, 1.54) is 0 Å². The van der Waals surface area contributed by atoms with E-state index in [2.05, 4.69) is 47.8 Å². The van der Waals surface area contributed by atoms with E-state index in [1.54, 1.807) is 0 Å². The van der Waals surface area contributed by atoms with Crippen molar-refractivity contribution in [3.05, 3.63) is 83.1 Å². The third kappa shape index (κ3) is 10.8. The molecule has 2 aromatic heterocycles. The molecule has 0 unspecified atom stereocenters. The number of nitrogens with two attached hydrogens (primary N) is 1. The van der Waals surface area contributed by atoms with Crippen molar-refractivity contribution in [2.75, 3.05) is 91.4 Å². The number of piperazine rings is 1. The van der Waals surface area contributed by atoms with Gasteiger partial charge in [-0.3, -0.25) is 30.0 Å². The zero-order valence-corrected chi connectivity index (χ0v) is 30.9. The minimum absolute atomic E-state index is 0.0693.